The molecule has 4 nitrogen and oxygen atoms in total. The van der Waals surface area contributed by atoms with E-state index in [1.807, 2.05) is 36.8 Å². The van der Waals surface area contributed by atoms with Crippen LogP contribution in [0.5, 0.6) is 0 Å². The Morgan fingerprint density at radius 2 is 2.08 bits per heavy atom. The predicted molar refractivity (Wildman–Crippen MR) is 101 cm³/mol. The average molecular weight is 339 g/mol. The number of pyridine rings is 1. The Hall–Kier alpha value is -2.10. The summed E-state index contributed by atoms with van der Waals surface area (Å²) in [5, 5.41) is 0. The maximum atomic E-state index is 13.1. The maximum Gasteiger partial charge on any atom is 0.255 e. The molecular formula is C21H29N3O. The van der Waals surface area contributed by atoms with Crippen molar-refractivity contribution >= 4 is 5.91 Å². The molecule has 1 atom stereocenters. The Morgan fingerprint density at radius 1 is 1.24 bits per heavy atom. The van der Waals surface area contributed by atoms with E-state index in [-0.39, 0.29) is 11.4 Å². The van der Waals surface area contributed by atoms with Crippen molar-refractivity contribution in [3.8, 4) is 0 Å². The number of hydrogen-bond donors (Lipinski definition) is 0. The molecule has 3 rings (SSSR count). The van der Waals surface area contributed by atoms with Crippen molar-refractivity contribution in [3.63, 3.8) is 0 Å². The van der Waals surface area contributed by atoms with Gasteiger partial charge in [0, 0.05) is 42.4 Å². The normalized spacial score (nSPS) is 18.4. The van der Waals surface area contributed by atoms with Gasteiger partial charge >= 0.3 is 0 Å². The summed E-state index contributed by atoms with van der Waals surface area (Å²) in [6.07, 6.45) is 11.2. The fraction of sp³-hybridized carbons (Fsp3) is 0.524. The van der Waals surface area contributed by atoms with E-state index in [2.05, 4.69) is 41.3 Å². The number of likely N-dealkylation sites (tertiary alicyclic amines) is 1. The second kappa shape index (κ2) is 7.42. The Balaban J connectivity index is 1.69. The monoisotopic (exact) mass is 339 g/mol. The lowest BCUT2D eigenvalue weighted by atomic mass is 9.96. The third-order valence-electron chi connectivity index (χ3n) is 5.06. The summed E-state index contributed by atoms with van der Waals surface area (Å²) in [5.41, 5.74) is 1.91. The van der Waals surface area contributed by atoms with Crippen LogP contribution in [-0.2, 0) is 12.0 Å². The Bertz CT molecular complexity index is 699. The molecule has 0 aromatic carbocycles. The number of carbonyl (C=O) groups excluding carboxylic acids is 1. The molecule has 0 spiro atoms. The highest BCUT2D eigenvalue weighted by Gasteiger charge is 2.28. The van der Waals surface area contributed by atoms with E-state index in [1.54, 1.807) is 0 Å². The Labute approximate surface area is 150 Å². The van der Waals surface area contributed by atoms with Crippen LogP contribution in [0.2, 0.25) is 0 Å². The van der Waals surface area contributed by atoms with Gasteiger partial charge in [0.1, 0.15) is 0 Å². The van der Waals surface area contributed by atoms with Gasteiger partial charge in [0.15, 0.2) is 0 Å². The average Bonchev–Trinajstić information content (AvgIpc) is 3.11. The third kappa shape index (κ3) is 4.30. The number of aromatic nitrogens is 2. The molecule has 134 valence electrons. The van der Waals surface area contributed by atoms with Crippen molar-refractivity contribution in [1.29, 1.82) is 0 Å². The zero-order valence-electron chi connectivity index (χ0n) is 15.6. The minimum Gasteiger partial charge on any atom is -0.348 e. The van der Waals surface area contributed by atoms with Crippen LogP contribution in [0, 0.1) is 0 Å². The van der Waals surface area contributed by atoms with Gasteiger partial charge in [-0.25, -0.2) is 0 Å². The Kier molecular flexibility index (Phi) is 5.26. The van der Waals surface area contributed by atoms with Gasteiger partial charge in [-0.15, -0.1) is 0 Å². The first-order chi connectivity index (χ1) is 11.9. The van der Waals surface area contributed by atoms with Crippen molar-refractivity contribution < 1.29 is 4.79 Å². The first-order valence-electron chi connectivity index (χ1n) is 9.34. The van der Waals surface area contributed by atoms with E-state index >= 15 is 0 Å². The molecule has 1 fully saturated rings. The summed E-state index contributed by atoms with van der Waals surface area (Å²) in [7, 11) is 0. The molecule has 1 amide bonds. The van der Waals surface area contributed by atoms with Crippen LogP contribution in [0.1, 0.15) is 62.5 Å². The largest absolute Gasteiger partial charge is 0.348 e. The number of carbonyl (C=O) groups is 1. The van der Waals surface area contributed by atoms with Gasteiger partial charge in [-0.3, -0.25) is 9.78 Å². The molecule has 3 heterocycles. The molecule has 0 aliphatic carbocycles. The van der Waals surface area contributed by atoms with E-state index in [9.17, 15) is 4.79 Å². The topological polar surface area (TPSA) is 38.1 Å². The molecule has 2 aromatic heterocycles. The van der Waals surface area contributed by atoms with E-state index in [0.29, 0.717) is 6.04 Å². The second-order valence-electron chi connectivity index (χ2n) is 7.99. The molecule has 4 heteroatoms. The highest BCUT2D eigenvalue weighted by Crippen LogP contribution is 2.24. The first-order valence-corrected chi connectivity index (χ1v) is 9.34. The quantitative estimate of drug-likeness (QED) is 0.834. The number of nitrogens with zero attached hydrogens (tertiary/aromatic N) is 3. The SMILES string of the molecule is CC(C)(C)n1ccc(C(=O)N2CCCC[C@H]2CCc2ccccn2)c1. The van der Waals surface area contributed by atoms with E-state index in [0.717, 1.165) is 43.5 Å². The number of aryl methyl sites for hydroxylation is 1. The van der Waals surface area contributed by atoms with Crippen LogP contribution in [0.4, 0.5) is 0 Å². The van der Waals surface area contributed by atoms with Crippen LogP contribution >= 0.6 is 0 Å². The molecule has 0 N–H and O–H groups in total. The van der Waals surface area contributed by atoms with Gasteiger partial charge < -0.3 is 9.47 Å². The van der Waals surface area contributed by atoms with Crippen LogP contribution < -0.4 is 0 Å². The molecule has 0 unspecified atom stereocenters. The lowest BCUT2D eigenvalue weighted by molar-refractivity contribution is 0.0601. The van der Waals surface area contributed by atoms with Crippen molar-refractivity contribution in [2.75, 3.05) is 6.54 Å². The van der Waals surface area contributed by atoms with Gasteiger partial charge in [-0.2, -0.15) is 0 Å². The van der Waals surface area contributed by atoms with Crippen molar-refractivity contribution in [1.82, 2.24) is 14.5 Å². The van der Waals surface area contributed by atoms with Crippen LogP contribution in [0.15, 0.2) is 42.9 Å². The highest BCUT2D eigenvalue weighted by molar-refractivity contribution is 5.94. The van der Waals surface area contributed by atoms with Crippen LogP contribution in [0.25, 0.3) is 0 Å². The molecule has 1 aliphatic heterocycles. The van der Waals surface area contributed by atoms with E-state index in [1.165, 1.54) is 6.42 Å². The van der Waals surface area contributed by atoms with Gasteiger partial charge in [-0.1, -0.05) is 6.07 Å². The van der Waals surface area contributed by atoms with Gasteiger partial charge in [0.05, 0.1) is 5.56 Å². The van der Waals surface area contributed by atoms with E-state index in [4.69, 9.17) is 0 Å². The van der Waals surface area contributed by atoms with E-state index < -0.39 is 0 Å². The lowest BCUT2D eigenvalue weighted by Crippen LogP contribution is -2.44. The number of amides is 1. The fourth-order valence-corrected chi connectivity index (χ4v) is 3.53. The molecular weight excluding hydrogens is 310 g/mol. The van der Waals surface area contributed by atoms with Gasteiger partial charge in [0.25, 0.3) is 5.91 Å². The molecule has 1 aliphatic rings. The summed E-state index contributed by atoms with van der Waals surface area (Å²) in [6.45, 7) is 7.32. The van der Waals surface area contributed by atoms with Crippen LogP contribution in [0.3, 0.4) is 0 Å². The summed E-state index contributed by atoms with van der Waals surface area (Å²) >= 11 is 0. The summed E-state index contributed by atoms with van der Waals surface area (Å²) in [4.78, 5) is 19.6. The van der Waals surface area contributed by atoms with Crippen LogP contribution in [-0.4, -0.2) is 32.9 Å². The standard InChI is InChI=1S/C21H29N3O/c1-21(2,3)23-15-12-17(16-23)20(25)24-14-7-5-9-19(24)11-10-18-8-4-6-13-22-18/h4,6,8,12-13,15-16,19H,5,7,9-11,14H2,1-3H3/t19-/m0/s1. The highest BCUT2D eigenvalue weighted by atomic mass is 16.2. The summed E-state index contributed by atoms with van der Waals surface area (Å²) in [6, 6.07) is 8.32. The predicted octanol–water partition coefficient (Wildman–Crippen LogP) is 4.27. The molecule has 1 saturated heterocycles. The minimum absolute atomic E-state index is 0.00118. The van der Waals surface area contributed by atoms with Gasteiger partial charge in [0.2, 0.25) is 0 Å². The van der Waals surface area contributed by atoms with Gasteiger partial charge in [-0.05, 0) is 71.1 Å². The molecule has 0 saturated carbocycles. The summed E-state index contributed by atoms with van der Waals surface area (Å²) < 4.78 is 2.12. The third-order valence-corrected chi connectivity index (χ3v) is 5.06. The molecule has 0 radical (unpaired) electrons. The molecule has 2 aromatic rings. The van der Waals surface area contributed by atoms with Crippen molar-refractivity contribution in [3.05, 3.63) is 54.1 Å². The maximum absolute atomic E-state index is 13.1. The number of piperidine rings is 1. The van der Waals surface area contributed by atoms with Crippen molar-refractivity contribution in [2.24, 2.45) is 0 Å². The summed E-state index contributed by atoms with van der Waals surface area (Å²) in [5.74, 6) is 0.175. The zero-order chi connectivity index (χ0) is 17.9. The fourth-order valence-electron chi connectivity index (χ4n) is 3.53. The Morgan fingerprint density at radius 3 is 2.76 bits per heavy atom. The smallest absolute Gasteiger partial charge is 0.255 e. The zero-order valence-corrected chi connectivity index (χ0v) is 15.6. The van der Waals surface area contributed by atoms with Crippen molar-refractivity contribution in [2.45, 2.75) is 64.5 Å². The molecule has 0 bridgehead atoms. The second-order valence-corrected chi connectivity index (χ2v) is 7.99. The number of hydrogen-bond acceptors (Lipinski definition) is 2. The number of rotatable bonds is 4. The lowest BCUT2D eigenvalue weighted by Gasteiger charge is -2.36. The molecule has 25 heavy (non-hydrogen) atoms. The first kappa shape index (κ1) is 17.7. The minimum atomic E-state index is -0.00118.